The molecule has 3 nitrogen and oxygen atoms in total. The molecule has 0 saturated carbocycles. The van der Waals surface area contributed by atoms with E-state index in [9.17, 15) is 13.5 Å². The van der Waals surface area contributed by atoms with Crippen LogP contribution in [0.4, 0.5) is 0 Å². The Kier molecular flexibility index (Phi) is 5.11. The first-order valence-corrected chi connectivity index (χ1v) is 7.51. The van der Waals surface area contributed by atoms with Crippen LogP contribution in [0.3, 0.4) is 0 Å². The lowest BCUT2D eigenvalue weighted by Crippen LogP contribution is -2.12. The van der Waals surface area contributed by atoms with Crippen molar-refractivity contribution in [2.24, 2.45) is 5.92 Å². The fraction of sp³-hybridized carbons (Fsp3) is 0.429. The summed E-state index contributed by atoms with van der Waals surface area (Å²) in [6.07, 6.45) is 1.18. The minimum absolute atomic E-state index is 0.122. The molecule has 1 unspecified atom stereocenters. The second-order valence-electron chi connectivity index (χ2n) is 4.75. The molecule has 1 atom stereocenters. The molecule has 0 aliphatic carbocycles. The normalized spacial score (nSPS) is 14.8. The number of aliphatic hydroxyl groups is 1. The topological polar surface area (TPSA) is 54.4 Å². The summed E-state index contributed by atoms with van der Waals surface area (Å²) < 4.78 is 24.8. The van der Waals surface area contributed by atoms with Crippen molar-refractivity contribution in [3.05, 3.63) is 41.3 Å². The van der Waals surface area contributed by atoms with Gasteiger partial charge in [-0.1, -0.05) is 38.1 Å². The van der Waals surface area contributed by atoms with Crippen molar-refractivity contribution >= 4 is 9.84 Å². The van der Waals surface area contributed by atoms with E-state index in [0.29, 0.717) is 4.91 Å². The molecule has 0 spiro atoms. The van der Waals surface area contributed by atoms with E-state index in [-0.39, 0.29) is 17.2 Å². The number of sulfone groups is 1. The molecule has 0 aliphatic rings. The van der Waals surface area contributed by atoms with Crippen LogP contribution in [0.1, 0.15) is 27.2 Å². The van der Waals surface area contributed by atoms with Gasteiger partial charge in [0.25, 0.3) is 0 Å². The highest BCUT2D eigenvalue weighted by molar-refractivity contribution is 7.95. The first-order valence-electron chi connectivity index (χ1n) is 6.03. The van der Waals surface area contributed by atoms with Crippen LogP contribution in [0.2, 0.25) is 0 Å². The van der Waals surface area contributed by atoms with Crippen LogP contribution in [0, 0.1) is 5.92 Å². The Balaban J connectivity index is 3.21. The molecule has 0 saturated heterocycles. The van der Waals surface area contributed by atoms with Crippen molar-refractivity contribution in [2.45, 2.75) is 38.2 Å². The van der Waals surface area contributed by atoms with Gasteiger partial charge in [0.05, 0.1) is 11.0 Å². The van der Waals surface area contributed by atoms with E-state index in [1.54, 1.807) is 43.3 Å². The largest absolute Gasteiger partial charge is 0.393 e. The van der Waals surface area contributed by atoms with Gasteiger partial charge in [-0.25, -0.2) is 8.42 Å². The van der Waals surface area contributed by atoms with Crippen LogP contribution in [0.5, 0.6) is 0 Å². The van der Waals surface area contributed by atoms with Crippen LogP contribution in [0.25, 0.3) is 0 Å². The van der Waals surface area contributed by atoms with E-state index < -0.39 is 15.9 Å². The minimum atomic E-state index is -3.49. The lowest BCUT2D eigenvalue weighted by atomic mass is 10.1. The highest BCUT2D eigenvalue weighted by Crippen LogP contribution is 2.24. The van der Waals surface area contributed by atoms with Gasteiger partial charge >= 0.3 is 0 Å². The Labute approximate surface area is 109 Å². The summed E-state index contributed by atoms with van der Waals surface area (Å²) in [5.74, 6) is 0.122. The van der Waals surface area contributed by atoms with Gasteiger partial charge in [0.2, 0.25) is 9.84 Å². The van der Waals surface area contributed by atoms with Crippen LogP contribution in [0.15, 0.2) is 46.2 Å². The molecular formula is C14H20O3S. The van der Waals surface area contributed by atoms with Gasteiger partial charge in [-0.3, -0.25) is 0 Å². The fourth-order valence-corrected chi connectivity index (χ4v) is 3.41. The number of rotatable bonds is 5. The van der Waals surface area contributed by atoms with Crippen molar-refractivity contribution in [1.29, 1.82) is 0 Å². The summed E-state index contributed by atoms with van der Waals surface area (Å²) in [7, 11) is -3.49. The average molecular weight is 268 g/mol. The van der Waals surface area contributed by atoms with E-state index in [4.69, 9.17) is 0 Å². The molecule has 0 aromatic heterocycles. The zero-order chi connectivity index (χ0) is 13.8. The van der Waals surface area contributed by atoms with E-state index in [0.717, 1.165) is 0 Å². The van der Waals surface area contributed by atoms with Crippen LogP contribution < -0.4 is 0 Å². The highest BCUT2D eigenvalue weighted by atomic mass is 32.2. The molecule has 0 amide bonds. The zero-order valence-corrected chi connectivity index (χ0v) is 11.8. The Morgan fingerprint density at radius 1 is 1.22 bits per heavy atom. The molecule has 4 heteroatoms. The van der Waals surface area contributed by atoms with Crippen molar-refractivity contribution in [2.75, 3.05) is 0 Å². The smallest absolute Gasteiger partial charge is 0.202 e. The molecule has 0 aliphatic heterocycles. The molecule has 1 rings (SSSR count). The van der Waals surface area contributed by atoms with Crippen LogP contribution in [-0.4, -0.2) is 19.6 Å². The van der Waals surface area contributed by atoms with Crippen molar-refractivity contribution < 1.29 is 13.5 Å². The molecule has 1 aromatic rings. The lowest BCUT2D eigenvalue weighted by molar-refractivity contribution is 0.197. The maximum atomic E-state index is 12.4. The Bertz CT molecular complexity index is 499. The van der Waals surface area contributed by atoms with Gasteiger partial charge in [-0.15, -0.1) is 0 Å². The Morgan fingerprint density at radius 3 is 2.22 bits per heavy atom. The molecule has 0 heterocycles. The quantitative estimate of drug-likeness (QED) is 0.893. The van der Waals surface area contributed by atoms with Crippen LogP contribution >= 0.6 is 0 Å². The second kappa shape index (κ2) is 6.16. The van der Waals surface area contributed by atoms with Crippen molar-refractivity contribution in [1.82, 2.24) is 0 Å². The summed E-state index contributed by atoms with van der Waals surface area (Å²) in [6.45, 7) is 5.43. The van der Waals surface area contributed by atoms with E-state index in [1.165, 1.54) is 0 Å². The molecule has 1 aromatic carbocycles. The number of benzene rings is 1. The first-order chi connectivity index (χ1) is 8.34. The predicted molar refractivity (Wildman–Crippen MR) is 72.8 cm³/mol. The molecule has 0 radical (unpaired) electrons. The van der Waals surface area contributed by atoms with Gasteiger partial charge < -0.3 is 5.11 Å². The number of hydrogen-bond acceptors (Lipinski definition) is 3. The molecule has 0 fully saturated rings. The maximum absolute atomic E-state index is 12.4. The van der Waals surface area contributed by atoms with Crippen molar-refractivity contribution in [3.8, 4) is 0 Å². The monoisotopic (exact) mass is 268 g/mol. The molecule has 0 bridgehead atoms. The summed E-state index contributed by atoms with van der Waals surface area (Å²) in [5, 5.41) is 9.44. The van der Waals surface area contributed by atoms with E-state index >= 15 is 0 Å². The second-order valence-corrected chi connectivity index (χ2v) is 6.75. The number of hydrogen-bond donors (Lipinski definition) is 1. The summed E-state index contributed by atoms with van der Waals surface area (Å²) in [4.78, 5) is 0.566. The number of allylic oxidation sites excluding steroid dienone is 1. The van der Waals surface area contributed by atoms with Crippen LogP contribution in [-0.2, 0) is 9.84 Å². The highest BCUT2D eigenvalue weighted by Gasteiger charge is 2.21. The molecular weight excluding hydrogens is 248 g/mol. The molecule has 100 valence electrons. The Morgan fingerprint density at radius 2 is 1.78 bits per heavy atom. The molecule has 18 heavy (non-hydrogen) atoms. The third-order valence-electron chi connectivity index (χ3n) is 2.41. The van der Waals surface area contributed by atoms with Gasteiger partial charge in [0, 0.05) is 11.3 Å². The van der Waals surface area contributed by atoms with Gasteiger partial charge in [-0.2, -0.15) is 0 Å². The van der Waals surface area contributed by atoms with Crippen molar-refractivity contribution in [3.63, 3.8) is 0 Å². The van der Waals surface area contributed by atoms with Gasteiger partial charge in [0.15, 0.2) is 0 Å². The lowest BCUT2D eigenvalue weighted by Gasteiger charge is -2.12. The third kappa shape index (κ3) is 3.96. The van der Waals surface area contributed by atoms with E-state index in [1.807, 2.05) is 13.8 Å². The average Bonchev–Trinajstić information content (AvgIpc) is 2.28. The third-order valence-corrected chi connectivity index (χ3v) is 4.30. The standard InChI is InChI=1S/C14H20O3S/c1-11(2)9-14(10-12(3)15)18(16,17)13-7-5-4-6-8-13/h4-9,11-12,15H,10H2,1-3H3/b14-9-. The Hall–Kier alpha value is -1.13. The fourth-order valence-electron chi connectivity index (χ4n) is 1.68. The van der Waals surface area contributed by atoms with Gasteiger partial charge in [-0.05, 0) is 25.0 Å². The molecule has 1 N–H and O–H groups in total. The minimum Gasteiger partial charge on any atom is -0.393 e. The van der Waals surface area contributed by atoms with E-state index in [2.05, 4.69) is 0 Å². The predicted octanol–water partition coefficient (Wildman–Crippen LogP) is 2.77. The first kappa shape index (κ1) is 14.9. The number of aliphatic hydroxyl groups excluding tert-OH is 1. The maximum Gasteiger partial charge on any atom is 0.202 e. The summed E-state index contributed by atoms with van der Waals surface area (Å²) in [5.41, 5.74) is 0. The SMILES string of the molecule is CC(C)/C=C(/CC(C)O)S(=O)(=O)c1ccccc1. The summed E-state index contributed by atoms with van der Waals surface area (Å²) in [6, 6.07) is 8.32. The van der Waals surface area contributed by atoms with Gasteiger partial charge in [0.1, 0.15) is 0 Å². The summed E-state index contributed by atoms with van der Waals surface area (Å²) >= 11 is 0. The zero-order valence-electron chi connectivity index (χ0n) is 11.0.